The Bertz CT molecular complexity index is 718. The topological polar surface area (TPSA) is 55.1 Å². The van der Waals surface area contributed by atoms with E-state index in [1.54, 1.807) is 4.52 Å². The van der Waals surface area contributed by atoms with Crippen LogP contribution < -0.4 is 5.32 Å². The summed E-state index contributed by atoms with van der Waals surface area (Å²) in [5.74, 6) is 1.61. The minimum absolute atomic E-state index is 0.635. The van der Waals surface area contributed by atoms with Crippen molar-refractivity contribution in [2.24, 2.45) is 0 Å². The lowest BCUT2D eigenvalue weighted by Crippen LogP contribution is -2.12. The van der Waals surface area contributed by atoms with Crippen LogP contribution in [-0.4, -0.2) is 26.1 Å². The summed E-state index contributed by atoms with van der Waals surface area (Å²) in [4.78, 5) is 8.56. The number of hydrogen-bond acceptors (Lipinski definition) is 4. The molecule has 2 aromatic heterocycles. The first-order valence-electron chi connectivity index (χ1n) is 6.70. The molecule has 0 radical (unpaired) electrons. The molecule has 3 aromatic rings. The van der Waals surface area contributed by atoms with Gasteiger partial charge in [-0.05, 0) is 25.8 Å². The van der Waals surface area contributed by atoms with E-state index in [-0.39, 0.29) is 0 Å². The Kier molecular flexibility index (Phi) is 3.33. The fourth-order valence-corrected chi connectivity index (χ4v) is 2.21. The molecule has 20 heavy (non-hydrogen) atoms. The first-order chi connectivity index (χ1) is 9.75. The summed E-state index contributed by atoms with van der Waals surface area (Å²) in [5.41, 5.74) is 3.40. The number of aryl methyl sites for hydroxylation is 1. The Morgan fingerprint density at radius 2 is 1.95 bits per heavy atom. The maximum Gasteiger partial charge on any atom is 0.254 e. The van der Waals surface area contributed by atoms with Crippen molar-refractivity contribution in [3.63, 3.8) is 0 Å². The van der Waals surface area contributed by atoms with Crippen LogP contribution in [0, 0.1) is 13.8 Å². The van der Waals surface area contributed by atoms with E-state index in [0.717, 1.165) is 30.0 Å². The van der Waals surface area contributed by atoms with Gasteiger partial charge in [0.25, 0.3) is 5.78 Å². The third-order valence-corrected chi connectivity index (χ3v) is 3.46. The second-order valence-corrected chi connectivity index (χ2v) is 4.81. The fourth-order valence-electron chi connectivity index (χ4n) is 2.21. The standard InChI is InChI=1S/C15H17N5/c1-11-12(2)19-15-17-10-18-20(15)14(11)16-9-8-13-6-4-3-5-7-13/h3-7,10,16H,8-9H2,1-2H3. The van der Waals surface area contributed by atoms with E-state index >= 15 is 0 Å². The summed E-state index contributed by atoms with van der Waals surface area (Å²) in [6.45, 7) is 4.89. The van der Waals surface area contributed by atoms with E-state index in [4.69, 9.17) is 0 Å². The van der Waals surface area contributed by atoms with Crippen LogP contribution >= 0.6 is 0 Å². The molecule has 0 saturated heterocycles. The summed E-state index contributed by atoms with van der Waals surface area (Å²) in [6, 6.07) is 10.4. The van der Waals surface area contributed by atoms with Gasteiger partial charge in [0.2, 0.25) is 0 Å². The van der Waals surface area contributed by atoms with Crippen LogP contribution in [0.2, 0.25) is 0 Å². The van der Waals surface area contributed by atoms with Crippen molar-refractivity contribution in [1.29, 1.82) is 0 Å². The number of nitrogens with zero attached hydrogens (tertiary/aromatic N) is 4. The molecule has 5 heteroatoms. The van der Waals surface area contributed by atoms with Crippen LogP contribution in [0.3, 0.4) is 0 Å². The number of fused-ring (bicyclic) bond motifs is 1. The van der Waals surface area contributed by atoms with E-state index in [9.17, 15) is 0 Å². The third kappa shape index (κ3) is 2.34. The fraction of sp³-hybridized carbons (Fsp3) is 0.267. The van der Waals surface area contributed by atoms with E-state index in [0.29, 0.717) is 5.78 Å². The highest BCUT2D eigenvalue weighted by molar-refractivity contribution is 5.51. The second kappa shape index (κ2) is 5.28. The second-order valence-electron chi connectivity index (χ2n) is 4.81. The van der Waals surface area contributed by atoms with Gasteiger partial charge < -0.3 is 5.32 Å². The molecule has 0 bridgehead atoms. The minimum Gasteiger partial charge on any atom is -0.369 e. The smallest absolute Gasteiger partial charge is 0.254 e. The molecule has 0 aliphatic rings. The van der Waals surface area contributed by atoms with Gasteiger partial charge in [-0.1, -0.05) is 30.3 Å². The lowest BCUT2D eigenvalue weighted by Gasteiger charge is -2.12. The van der Waals surface area contributed by atoms with Gasteiger partial charge in [0.15, 0.2) is 0 Å². The molecule has 0 saturated carbocycles. The van der Waals surface area contributed by atoms with Gasteiger partial charge in [0, 0.05) is 17.8 Å². The van der Waals surface area contributed by atoms with Gasteiger partial charge >= 0.3 is 0 Å². The van der Waals surface area contributed by atoms with Crippen LogP contribution in [0.1, 0.15) is 16.8 Å². The quantitative estimate of drug-likeness (QED) is 0.788. The molecule has 3 rings (SSSR count). The van der Waals surface area contributed by atoms with Crippen molar-refractivity contribution < 1.29 is 0 Å². The van der Waals surface area contributed by atoms with Gasteiger partial charge in [-0.15, -0.1) is 0 Å². The van der Waals surface area contributed by atoms with E-state index < -0.39 is 0 Å². The van der Waals surface area contributed by atoms with E-state index in [1.807, 2.05) is 19.9 Å². The third-order valence-electron chi connectivity index (χ3n) is 3.46. The van der Waals surface area contributed by atoms with Gasteiger partial charge in [-0.25, -0.2) is 4.98 Å². The van der Waals surface area contributed by atoms with Gasteiger partial charge in [0.1, 0.15) is 12.1 Å². The van der Waals surface area contributed by atoms with Gasteiger partial charge in [-0.3, -0.25) is 0 Å². The number of aromatic nitrogens is 4. The van der Waals surface area contributed by atoms with Crippen LogP contribution in [0.5, 0.6) is 0 Å². The molecule has 0 aliphatic carbocycles. The molecule has 0 aliphatic heterocycles. The Hall–Kier alpha value is -2.43. The highest BCUT2D eigenvalue weighted by Gasteiger charge is 2.10. The lowest BCUT2D eigenvalue weighted by atomic mass is 10.1. The number of nitrogens with one attached hydrogen (secondary N) is 1. The summed E-state index contributed by atoms with van der Waals surface area (Å²) in [5, 5.41) is 7.68. The predicted octanol–water partition coefficient (Wildman–Crippen LogP) is 2.40. The molecular weight excluding hydrogens is 250 g/mol. The van der Waals surface area contributed by atoms with Crippen molar-refractivity contribution in [2.45, 2.75) is 20.3 Å². The molecule has 1 aromatic carbocycles. The monoisotopic (exact) mass is 267 g/mol. The lowest BCUT2D eigenvalue weighted by molar-refractivity contribution is 0.893. The zero-order chi connectivity index (χ0) is 13.9. The average molecular weight is 267 g/mol. The Labute approximate surface area is 117 Å². The minimum atomic E-state index is 0.635. The van der Waals surface area contributed by atoms with Crippen molar-refractivity contribution >= 4 is 11.6 Å². The maximum atomic E-state index is 4.41. The molecule has 102 valence electrons. The Morgan fingerprint density at radius 3 is 2.75 bits per heavy atom. The van der Waals surface area contributed by atoms with Crippen molar-refractivity contribution in [3.05, 3.63) is 53.5 Å². The largest absolute Gasteiger partial charge is 0.369 e. The normalized spacial score (nSPS) is 10.9. The van der Waals surface area contributed by atoms with Crippen LogP contribution in [0.4, 0.5) is 5.82 Å². The number of rotatable bonds is 4. The summed E-state index contributed by atoms with van der Waals surface area (Å²) in [6.07, 6.45) is 2.50. The zero-order valence-corrected chi connectivity index (χ0v) is 11.7. The first kappa shape index (κ1) is 12.6. The summed E-state index contributed by atoms with van der Waals surface area (Å²) in [7, 11) is 0. The molecule has 2 heterocycles. The maximum absolute atomic E-state index is 4.41. The highest BCUT2D eigenvalue weighted by Crippen LogP contribution is 2.17. The number of hydrogen-bond donors (Lipinski definition) is 1. The number of benzene rings is 1. The SMILES string of the molecule is Cc1nc2ncnn2c(NCCc2ccccc2)c1C. The van der Waals surface area contributed by atoms with Crippen LogP contribution in [0.25, 0.3) is 5.78 Å². The van der Waals surface area contributed by atoms with Crippen LogP contribution in [-0.2, 0) is 6.42 Å². The van der Waals surface area contributed by atoms with Crippen molar-refractivity contribution in [2.75, 3.05) is 11.9 Å². The predicted molar refractivity (Wildman–Crippen MR) is 78.9 cm³/mol. The van der Waals surface area contributed by atoms with E-state index in [1.165, 1.54) is 11.9 Å². The molecule has 0 amide bonds. The zero-order valence-electron chi connectivity index (χ0n) is 11.7. The van der Waals surface area contributed by atoms with Gasteiger partial charge in [0.05, 0.1) is 0 Å². The summed E-state index contributed by atoms with van der Waals surface area (Å²) >= 11 is 0. The van der Waals surface area contributed by atoms with Crippen molar-refractivity contribution in [1.82, 2.24) is 19.6 Å². The number of anilines is 1. The average Bonchev–Trinajstić information content (AvgIpc) is 2.92. The molecule has 0 atom stereocenters. The van der Waals surface area contributed by atoms with Crippen LogP contribution in [0.15, 0.2) is 36.7 Å². The molecular formula is C15H17N5. The Balaban J connectivity index is 1.80. The first-order valence-corrected chi connectivity index (χ1v) is 6.70. The molecule has 0 unspecified atom stereocenters. The molecule has 1 N–H and O–H groups in total. The molecule has 0 spiro atoms. The Morgan fingerprint density at radius 1 is 1.15 bits per heavy atom. The molecule has 0 fully saturated rings. The summed E-state index contributed by atoms with van der Waals surface area (Å²) < 4.78 is 1.76. The highest BCUT2D eigenvalue weighted by atomic mass is 15.4. The van der Waals surface area contributed by atoms with Crippen molar-refractivity contribution in [3.8, 4) is 0 Å². The van der Waals surface area contributed by atoms with E-state index in [2.05, 4.69) is 44.6 Å². The molecule has 5 nitrogen and oxygen atoms in total. The van der Waals surface area contributed by atoms with Gasteiger partial charge in [-0.2, -0.15) is 14.6 Å².